The Balaban J connectivity index is 0.000000316. The van der Waals surface area contributed by atoms with E-state index in [2.05, 4.69) is 0 Å². The van der Waals surface area contributed by atoms with Gasteiger partial charge in [0, 0.05) is 30.3 Å². The summed E-state index contributed by atoms with van der Waals surface area (Å²) in [7, 11) is 0. The molecule has 0 bridgehead atoms. The van der Waals surface area contributed by atoms with Gasteiger partial charge in [-0.1, -0.05) is 0 Å². The van der Waals surface area contributed by atoms with Crippen molar-refractivity contribution < 1.29 is 19.2 Å². The van der Waals surface area contributed by atoms with Crippen LogP contribution < -0.4 is 0 Å². The molecular weight excluding hydrogens is 208 g/mol. The van der Waals surface area contributed by atoms with Gasteiger partial charge in [0.2, 0.25) is 0 Å². The predicted molar refractivity (Wildman–Crippen MR) is 76.5 cm³/mol. The minimum atomic E-state index is -2.93. The first-order valence-electron chi connectivity index (χ1n) is 12.6. The molecule has 17 heavy (non-hydrogen) atoms. The summed E-state index contributed by atoms with van der Waals surface area (Å²) in [5.74, 6) is 0. The fraction of sp³-hybridized carbons (Fsp3) is 1.00. The molecule has 0 aromatic rings. The first kappa shape index (κ1) is 4.49. The van der Waals surface area contributed by atoms with E-state index >= 15 is 0 Å². The summed E-state index contributed by atoms with van der Waals surface area (Å²) < 4.78 is 106. The van der Waals surface area contributed by atoms with Crippen LogP contribution in [0, 0.1) is 0 Å². The third kappa shape index (κ3) is 4.97. The van der Waals surface area contributed by atoms with Gasteiger partial charge in [0.15, 0.2) is 0 Å². The van der Waals surface area contributed by atoms with E-state index in [1.807, 2.05) is 0 Å². The lowest BCUT2D eigenvalue weighted by Crippen LogP contribution is -2.49. The van der Waals surface area contributed by atoms with Crippen LogP contribution in [0.5, 0.6) is 0 Å². The van der Waals surface area contributed by atoms with Gasteiger partial charge in [-0.3, -0.25) is 9.80 Å². The van der Waals surface area contributed by atoms with Gasteiger partial charge >= 0.3 is 0 Å². The monoisotopic (exact) mass is 254 g/mol. The normalized spacial score (nSPS) is 55.9. The Kier molecular flexibility index (Phi) is 1.51. The Morgan fingerprint density at radius 1 is 0.647 bits per heavy atom. The predicted octanol–water partition coefficient (Wildman–Crippen LogP) is 3.37. The molecule has 2 nitrogen and oxygen atoms in total. The van der Waals surface area contributed by atoms with E-state index in [0.717, 1.165) is 4.90 Å². The van der Waals surface area contributed by atoms with Crippen molar-refractivity contribution in [1.82, 2.24) is 9.80 Å². The Morgan fingerprint density at radius 2 is 0.941 bits per heavy atom. The first-order chi connectivity index (χ1) is 13.0. The van der Waals surface area contributed by atoms with Crippen molar-refractivity contribution >= 4 is 0 Å². The van der Waals surface area contributed by atoms with Gasteiger partial charge in [-0.2, -0.15) is 0 Å². The van der Waals surface area contributed by atoms with Crippen molar-refractivity contribution in [3.8, 4) is 0 Å². The lowest BCUT2D eigenvalue weighted by Gasteiger charge is -2.42. The molecule has 0 unspecified atom stereocenters. The lowest BCUT2D eigenvalue weighted by molar-refractivity contribution is 0.0690. The maximum absolute atomic E-state index is 7.75. The van der Waals surface area contributed by atoms with Crippen LogP contribution in [0.1, 0.15) is 79.9 Å². The highest BCUT2D eigenvalue weighted by Gasteiger charge is 2.25. The molecule has 0 amide bonds. The molecule has 2 aliphatic rings. The van der Waals surface area contributed by atoms with E-state index in [0.29, 0.717) is 4.90 Å². The van der Waals surface area contributed by atoms with E-state index in [9.17, 15) is 0 Å². The summed E-state index contributed by atoms with van der Waals surface area (Å²) in [5, 5.41) is 0. The third-order valence-corrected chi connectivity index (χ3v) is 2.07. The molecular formula is C15H32N2. The molecule has 2 rings (SSSR count). The number of hydrogen-bond acceptors (Lipinski definition) is 2. The molecule has 0 spiro atoms. The smallest absolute Gasteiger partial charge is 0.0431 e. The van der Waals surface area contributed by atoms with Crippen molar-refractivity contribution in [2.45, 2.75) is 71.7 Å². The third-order valence-electron chi connectivity index (χ3n) is 2.07. The van der Waals surface area contributed by atoms with Crippen LogP contribution >= 0.6 is 0 Å². The van der Waals surface area contributed by atoms with Crippen molar-refractivity contribution in [2.75, 3.05) is 26.0 Å². The number of hydrogen-bond donors (Lipinski definition) is 0. The van der Waals surface area contributed by atoms with Crippen LogP contribution in [0.25, 0.3) is 0 Å². The molecule has 0 saturated carbocycles. The van der Waals surface area contributed by atoms with Crippen LogP contribution in [-0.4, -0.2) is 46.9 Å². The Labute approximate surface area is 128 Å². The molecule has 0 aliphatic carbocycles. The zero-order valence-electron chi connectivity index (χ0n) is 25.4. The molecule has 0 N–H and O–H groups in total. The average Bonchev–Trinajstić information content (AvgIpc) is 2.48. The van der Waals surface area contributed by atoms with Crippen molar-refractivity contribution in [3.63, 3.8) is 0 Å². The highest BCUT2D eigenvalue weighted by atomic mass is 15.2. The summed E-state index contributed by atoms with van der Waals surface area (Å²) in [6.07, 6.45) is -8.33. The van der Waals surface area contributed by atoms with Crippen molar-refractivity contribution in [2.24, 2.45) is 0 Å². The van der Waals surface area contributed by atoms with Gasteiger partial charge in [-0.15, -0.1) is 0 Å². The summed E-state index contributed by atoms with van der Waals surface area (Å²) in [6.45, 7) is -0.381. The summed E-state index contributed by atoms with van der Waals surface area (Å²) in [5.41, 5.74) is -1.77. The Hall–Kier alpha value is -0.0800. The van der Waals surface area contributed by atoms with Gasteiger partial charge in [-0.05, 0) is 86.6 Å². The maximum Gasteiger partial charge on any atom is 0.0431 e. The summed E-state index contributed by atoms with van der Waals surface area (Å²) in [6, 6.07) is 0. The molecule has 102 valence electrons. The minimum Gasteiger partial charge on any atom is -0.298 e. The van der Waals surface area contributed by atoms with Crippen LogP contribution in [0.2, 0.25) is 0 Å². The SMILES string of the molecule is [2H]C1([2H])N(C(C)(C)C)C([2H])([2H])C([2H])([2H])C1([2H])[2H].[2H]C1([2H])N(C(C)(C)C)C([2H])([2H])C1([2H])[2H]. The molecule has 0 atom stereocenters. The highest BCUT2D eigenvalue weighted by molar-refractivity contribution is 4.82. The van der Waals surface area contributed by atoms with Gasteiger partial charge in [0.25, 0.3) is 0 Å². The molecule has 0 aromatic heterocycles. The summed E-state index contributed by atoms with van der Waals surface area (Å²) in [4.78, 5) is 1.58. The standard InChI is InChI=1S/C8H17N.C7H15N/c1-8(2,3)9-6-4-5-7-9;1-7(2,3)8-5-4-6-8/h4-7H2,1-3H3;4-6H2,1-3H3/i4D2,5D2,6D2,7D2;4D2,5D2,6D2. The molecule has 0 radical (unpaired) electrons. The van der Waals surface area contributed by atoms with E-state index in [4.69, 9.17) is 19.2 Å². The van der Waals surface area contributed by atoms with Gasteiger partial charge in [0.1, 0.15) is 0 Å². The van der Waals surface area contributed by atoms with Gasteiger partial charge < -0.3 is 0 Å². The van der Waals surface area contributed by atoms with E-state index in [-0.39, 0.29) is 0 Å². The second-order valence-electron chi connectivity index (χ2n) is 5.83. The molecule has 2 fully saturated rings. The van der Waals surface area contributed by atoms with E-state index in [1.54, 1.807) is 20.8 Å². The fourth-order valence-corrected chi connectivity index (χ4v) is 0.978. The number of nitrogens with zero attached hydrogens (tertiary/aromatic N) is 2. The van der Waals surface area contributed by atoms with Gasteiger partial charge in [-0.25, -0.2) is 0 Å². The molecule has 2 heteroatoms. The minimum absolute atomic E-state index is 0.646. The second kappa shape index (κ2) is 5.71. The Bertz CT molecular complexity index is 657. The molecule has 2 saturated heterocycles. The fourth-order valence-electron chi connectivity index (χ4n) is 0.978. The zero-order chi connectivity index (χ0) is 25.7. The summed E-state index contributed by atoms with van der Waals surface area (Å²) >= 11 is 0. The quantitative estimate of drug-likeness (QED) is 0.654. The van der Waals surface area contributed by atoms with E-state index in [1.165, 1.54) is 20.8 Å². The molecule has 2 aliphatic heterocycles. The zero-order valence-corrected chi connectivity index (χ0v) is 11.4. The average molecular weight is 255 g/mol. The van der Waals surface area contributed by atoms with Crippen LogP contribution in [0.15, 0.2) is 0 Å². The molecule has 0 aromatic carbocycles. The first-order valence-corrected chi connectivity index (χ1v) is 5.59. The topological polar surface area (TPSA) is 6.48 Å². The van der Waals surface area contributed by atoms with Crippen LogP contribution in [0.3, 0.4) is 0 Å². The largest absolute Gasteiger partial charge is 0.298 e. The second-order valence-corrected chi connectivity index (χ2v) is 5.83. The van der Waals surface area contributed by atoms with Crippen LogP contribution in [-0.2, 0) is 0 Å². The number of rotatable bonds is 0. The van der Waals surface area contributed by atoms with Crippen molar-refractivity contribution in [1.29, 1.82) is 0 Å². The highest BCUT2D eigenvalue weighted by Crippen LogP contribution is 2.20. The maximum atomic E-state index is 7.75. The lowest BCUT2D eigenvalue weighted by atomic mass is 10.0. The van der Waals surface area contributed by atoms with E-state index < -0.39 is 56.2 Å². The van der Waals surface area contributed by atoms with Gasteiger partial charge in [0.05, 0.1) is 0 Å². The van der Waals surface area contributed by atoms with Crippen LogP contribution in [0.4, 0.5) is 0 Å². The number of likely N-dealkylation sites (tertiary alicyclic amines) is 2. The Morgan fingerprint density at radius 3 is 1.18 bits per heavy atom. The van der Waals surface area contributed by atoms with Crippen molar-refractivity contribution in [3.05, 3.63) is 0 Å². The molecule has 2 heterocycles.